The maximum Gasteiger partial charge on any atom is 0.289 e. The first-order valence-electron chi connectivity index (χ1n) is 7.46. The van der Waals surface area contributed by atoms with Gasteiger partial charge in [-0.15, -0.1) is 0 Å². The van der Waals surface area contributed by atoms with Crippen LogP contribution in [-0.4, -0.2) is 55.5 Å². The Labute approximate surface area is 134 Å². The van der Waals surface area contributed by atoms with Gasteiger partial charge < -0.3 is 10.1 Å². The van der Waals surface area contributed by atoms with E-state index in [1.165, 1.54) is 28.6 Å². The molecule has 1 N–H and O–H groups in total. The second-order valence-corrected chi connectivity index (χ2v) is 7.97. The minimum atomic E-state index is -3.95. The fourth-order valence-corrected chi connectivity index (χ4v) is 5.03. The Balaban J connectivity index is 1.98. The number of para-hydroxylation sites is 1. The quantitative estimate of drug-likeness (QED) is 0.642. The van der Waals surface area contributed by atoms with Gasteiger partial charge in [0.25, 0.3) is 5.69 Å². The predicted molar refractivity (Wildman–Crippen MR) is 82.6 cm³/mol. The van der Waals surface area contributed by atoms with E-state index >= 15 is 0 Å². The van der Waals surface area contributed by atoms with Crippen molar-refractivity contribution in [3.05, 3.63) is 34.4 Å². The highest BCUT2D eigenvalue weighted by atomic mass is 32.2. The van der Waals surface area contributed by atoms with Crippen molar-refractivity contribution < 1.29 is 18.1 Å². The first-order chi connectivity index (χ1) is 10.8. The third-order valence-electron chi connectivity index (χ3n) is 4.26. The second kappa shape index (κ2) is 5.82. The number of nitrogens with one attached hydrogen (secondary N) is 1. The Hall–Kier alpha value is -1.55. The van der Waals surface area contributed by atoms with Gasteiger partial charge >= 0.3 is 0 Å². The van der Waals surface area contributed by atoms with Crippen molar-refractivity contribution in [2.45, 2.75) is 29.9 Å². The fraction of sp³-hybridized carbons (Fsp3) is 0.571. The molecule has 1 aromatic carbocycles. The number of rotatable bonds is 3. The first kappa shape index (κ1) is 16.3. The Bertz CT molecular complexity index is 715. The molecule has 2 aliphatic rings. The smallest absolute Gasteiger partial charge is 0.289 e. The van der Waals surface area contributed by atoms with Crippen LogP contribution in [0.25, 0.3) is 0 Å². The molecule has 8 nitrogen and oxygen atoms in total. The topological polar surface area (TPSA) is 102 Å². The SMILES string of the molecule is CC1CN(S(=O)(=O)c2ccccc2[N+](=O)[O-])CC2(CCNC2)O1. The van der Waals surface area contributed by atoms with Crippen LogP contribution in [0.15, 0.2) is 29.2 Å². The zero-order valence-corrected chi connectivity index (χ0v) is 13.6. The van der Waals surface area contributed by atoms with Crippen LogP contribution in [0.2, 0.25) is 0 Å². The molecular formula is C14H19N3O5S. The summed E-state index contributed by atoms with van der Waals surface area (Å²) in [5.41, 5.74) is -0.945. The molecule has 2 atom stereocenters. The molecule has 2 aliphatic heterocycles. The number of hydrogen-bond donors (Lipinski definition) is 1. The van der Waals surface area contributed by atoms with E-state index in [1.54, 1.807) is 0 Å². The molecule has 0 bridgehead atoms. The number of nitro groups is 1. The van der Waals surface area contributed by atoms with E-state index in [4.69, 9.17) is 4.74 Å². The summed E-state index contributed by atoms with van der Waals surface area (Å²) in [5, 5.41) is 14.3. The summed E-state index contributed by atoms with van der Waals surface area (Å²) in [6, 6.07) is 5.45. The molecule has 2 fully saturated rings. The zero-order chi connectivity index (χ0) is 16.7. The first-order valence-corrected chi connectivity index (χ1v) is 8.90. The van der Waals surface area contributed by atoms with Crippen molar-refractivity contribution in [3.8, 4) is 0 Å². The Morgan fingerprint density at radius 1 is 1.43 bits per heavy atom. The van der Waals surface area contributed by atoms with E-state index < -0.39 is 26.2 Å². The number of morpholine rings is 1. The van der Waals surface area contributed by atoms with E-state index in [0.717, 1.165) is 13.0 Å². The van der Waals surface area contributed by atoms with Crippen LogP contribution in [0.4, 0.5) is 5.69 Å². The van der Waals surface area contributed by atoms with Crippen molar-refractivity contribution in [3.63, 3.8) is 0 Å². The van der Waals surface area contributed by atoms with Crippen LogP contribution in [0.5, 0.6) is 0 Å². The molecule has 0 radical (unpaired) electrons. The molecule has 23 heavy (non-hydrogen) atoms. The van der Waals surface area contributed by atoms with Crippen molar-refractivity contribution in [1.82, 2.24) is 9.62 Å². The van der Waals surface area contributed by atoms with E-state index in [2.05, 4.69) is 5.32 Å². The van der Waals surface area contributed by atoms with E-state index in [9.17, 15) is 18.5 Å². The lowest BCUT2D eigenvalue weighted by molar-refractivity contribution is -0.387. The third kappa shape index (κ3) is 2.97. The number of ether oxygens (including phenoxy) is 1. The van der Waals surface area contributed by atoms with E-state index in [1.807, 2.05) is 6.92 Å². The van der Waals surface area contributed by atoms with Gasteiger partial charge in [-0.05, 0) is 26.0 Å². The van der Waals surface area contributed by atoms with Crippen molar-refractivity contribution in [2.24, 2.45) is 0 Å². The Morgan fingerprint density at radius 3 is 2.83 bits per heavy atom. The summed E-state index contributed by atoms with van der Waals surface area (Å²) in [6.07, 6.45) is 0.460. The van der Waals surface area contributed by atoms with Gasteiger partial charge in [0.1, 0.15) is 0 Å². The maximum atomic E-state index is 12.9. The highest BCUT2D eigenvalue weighted by molar-refractivity contribution is 7.89. The number of nitro benzene ring substituents is 1. The van der Waals surface area contributed by atoms with Crippen LogP contribution in [0.1, 0.15) is 13.3 Å². The second-order valence-electron chi connectivity index (χ2n) is 6.06. The average Bonchev–Trinajstić information content (AvgIpc) is 2.93. The van der Waals surface area contributed by atoms with E-state index in [-0.39, 0.29) is 24.1 Å². The molecule has 126 valence electrons. The maximum absolute atomic E-state index is 12.9. The van der Waals surface area contributed by atoms with Crippen LogP contribution in [-0.2, 0) is 14.8 Å². The van der Waals surface area contributed by atoms with Gasteiger partial charge in [-0.2, -0.15) is 4.31 Å². The van der Waals surface area contributed by atoms with Gasteiger partial charge in [0, 0.05) is 25.7 Å². The van der Waals surface area contributed by atoms with Crippen LogP contribution >= 0.6 is 0 Å². The molecular weight excluding hydrogens is 322 g/mol. The molecule has 3 rings (SSSR count). The molecule has 0 amide bonds. The minimum absolute atomic E-state index is 0.191. The summed E-state index contributed by atoms with van der Waals surface area (Å²) in [6.45, 7) is 3.57. The van der Waals surface area contributed by atoms with Gasteiger partial charge in [0.15, 0.2) is 4.90 Å². The number of benzene rings is 1. The molecule has 2 saturated heterocycles. The predicted octanol–water partition coefficient (Wildman–Crippen LogP) is 0.736. The molecule has 2 unspecified atom stereocenters. The van der Waals surface area contributed by atoms with Gasteiger partial charge in [0.2, 0.25) is 10.0 Å². The lowest BCUT2D eigenvalue weighted by Gasteiger charge is -2.42. The van der Waals surface area contributed by atoms with Crippen molar-refractivity contribution in [1.29, 1.82) is 0 Å². The summed E-state index contributed by atoms with van der Waals surface area (Å²) in [4.78, 5) is 10.2. The van der Waals surface area contributed by atoms with Crippen molar-refractivity contribution >= 4 is 15.7 Å². The van der Waals surface area contributed by atoms with Crippen LogP contribution < -0.4 is 5.32 Å². The number of hydrogen-bond acceptors (Lipinski definition) is 6. The summed E-state index contributed by atoms with van der Waals surface area (Å²) < 4.78 is 33.2. The number of nitrogens with zero attached hydrogens (tertiary/aromatic N) is 2. The summed E-state index contributed by atoms with van der Waals surface area (Å²) in [7, 11) is -3.95. The fourth-order valence-electron chi connectivity index (χ4n) is 3.28. The third-order valence-corrected chi connectivity index (χ3v) is 6.12. The van der Waals surface area contributed by atoms with Crippen LogP contribution in [0, 0.1) is 10.1 Å². The highest BCUT2D eigenvalue weighted by Crippen LogP contribution is 2.33. The van der Waals surface area contributed by atoms with E-state index in [0.29, 0.717) is 6.54 Å². The highest BCUT2D eigenvalue weighted by Gasteiger charge is 2.46. The van der Waals surface area contributed by atoms with Crippen LogP contribution in [0.3, 0.4) is 0 Å². The van der Waals surface area contributed by atoms with Gasteiger partial charge in [0.05, 0.1) is 16.6 Å². The summed E-state index contributed by atoms with van der Waals surface area (Å²) >= 11 is 0. The standard InChI is InChI=1S/C14H19N3O5S/c1-11-8-16(10-14(22-11)6-7-15-9-14)23(20,21)13-5-3-2-4-12(13)17(18)19/h2-5,11,15H,6-10H2,1H3. The Morgan fingerprint density at radius 2 is 2.17 bits per heavy atom. The molecule has 0 aliphatic carbocycles. The lowest BCUT2D eigenvalue weighted by Crippen LogP contribution is -2.57. The molecule has 1 spiro atoms. The molecule has 2 heterocycles. The van der Waals surface area contributed by atoms with Gasteiger partial charge in [-0.3, -0.25) is 10.1 Å². The van der Waals surface area contributed by atoms with Crippen molar-refractivity contribution in [2.75, 3.05) is 26.2 Å². The van der Waals surface area contributed by atoms with Gasteiger partial charge in [-0.25, -0.2) is 8.42 Å². The molecule has 1 aromatic rings. The molecule has 9 heteroatoms. The lowest BCUT2D eigenvalue weighted by atomic mass is 10.0. The minimum Gasteiger partial charge on any atom is -0.368 e. The largest absolute Gasteiger partial charge is 0.368 e. The average molecular weight is 341 g/mol. The van der Waals surface area contributed by atoms with Gasteiger partial charge in [-0.1, -0.05) is 12.1 Å². The normalized spacial score (nSPS) is 29.0. The Kier molecular flexibility index (Phi) is 4.13. The number of sulfonamides is 1. The summed E-state index contributed by atoms with van der Waals surface area (Å²) in [5.74, 6) is 0. The molecule has 0 aromatic heterocycles. The zero-order valence-electron chi connectivity index (χ0n) is 12.8. The molecule has 0 saturated carbocycles. The monoisotopic (exact) mass is 341 g/mol.